The lowest BCUT2D eigenvalue weighted by molar-refractivity contribution is -0.118. The van der Waals surface area contributed by atoms with Gasteiger partial charge in [-0.3, -0.25) is 9.36 Å². The molecule has 12 heteroatoms. The number of aliphatic hydroxyl groups is 2. The number of imidazole rings is 1. The SMILES string of the molecule is O=c1[nH]cnc2c1ncn2[C@@H]1O[C@H](CO)C(O)C1OC1(Cc2ccccc2)C=NN=N1. The Labute approximate surface area is 174 Å². The number of hydrogen-bond donors (Lipinski definition) is 3. The van der Waals surface area contributed by atoms with E-state index >= 15 is 0 Å². The molecular formula is C19H19N7O5. The van der Waals surface area contributed by atoms with Crippen LogP contribution in [-0.2, 0) is 15.9 Å². The van der Waals surface area contributed by atoms with Gasteiger partial charge in [0.15, 0.2) is 17.4 Å². The molecule has 4 heterocycles. The van der Waals surface area contributed by atoms with Crippen molar-refractivity contribution in [2.45, 2.75) is 36.7 Å². The molecule has 31 heavy (non-hydrogen) atoms. The molecular weight excluding hydrogens is 406 g/mol. The van der Waals surface area contributed by atoms with Crippen molar-refractivity contribution >= 4 is 17.4 Å². The summed E-state index contributed by atoms with van der Waals surface area (Å²) >= 11 is 0. The maximum Gasteiger partial charge on any atom is 0.278 e. The number of aromatic nitrogens is 4. The van der Waals surface area contributed by atoms with Crippen molar-refractivity contribution < 1.29 is 19.7 Å². The van der Waals surface area contributed by atoms with Gasteiger partial charge in [0.05, 0.1) is 25.5 Å². The number of nitrogens with one attached hydrogen (secondary N) is 1. The van der Waals surface area contributed by atoms with Crippen molar-refractivity contribution in [1.29, 1.82) is 0 Å². The Kier molecular flexibility index (Phi) is 4.90. The second kappa shape index (κ2) is 7.74. The van der Waals surface area contributed by atoms with Crippen LogP contribution in [0, 0.1) is 0 Å². The van der Waals surface area contributed by atoms with Gasteiger partial charge in [-0.05, 0) is 10.8 Å². The maximum absolute atomic E-state index is 12.0. The molecule has 2 aromatic heterocycles. The molecule has 1 fully saturated rings. The number of benzene rings is 1. The fourth-order valence-corrected chi connectivity index (χ4v) is 3.81. The Bertz CT molecular complexity index is 1180. The number of hydrogen-bond acceptors (Lipinski definition) is 10. The summed E-state index contributed by atoms with van der Waals surface area (Å²) in [5.41, 5.74) is -0.365. The molecule has 0 amide bonds. The number of fused-ring (bicyclic) bond motifs is 1. The zero-order valence-corrected chi connectivity index (χ0v) is 16.1. The van der Waals surface area contributed by atoms with Crippen molar-refractivity contribution in [3.8, 4) is 0 Å². The molecule has 160 valence electrons. The average Bonchev–Trinajstić information content (AvgIpc) is 3.49. The first-order valence-corrected chi connectivity index (χ1v) is 9.63. The number of H-pyrrole nitrogens is 1. The van der Waals surface area contributed by atoms with Gasteiger partial charge < -0.3 is 24.7 Å². The van der Waals surface area contributed by atoms with Gasteiger partial charge in [0.1, 0.15) is 18.3 Å². The Morgan fingerprint density at radius 2 is 2.10 bits per heavy atom. The lowest BCUT2D eigenvalue weighted by Gasteiger charge is -2.30. The van der Waals surface area contributed by atoms with E-state index in [-0.39, 0.29) is 11.2 Å². The summed E-state index contributed by atoms with van der Waals surface area (Å²) < 4.78 is 13.6. The first kappa shape index (κ1) is 19.6. The highest BCUT2D eigenvalue weighted by molar-refractivity contribution is 5.70. The third kappa shape index (κ3) is 3.45. The van der Waals surface area contributed by atoms with E-state index in [0.29, 0.717) is 6.42 Å². The lowest BCUT2D eigenvalue weighted by Crippen LogP contribution is -2.44. The van der Waals surface area contributed by atoms with Gasteiger partial charge >= 0.3 is 0 Å². The largest absolute Gasteiger partial charge is 0.394 e. The summed E-state index contributed by atoms with van der Waals surface area (Å²) in [4.78, 5) is 22.8. The van der Waals surface area contributed by atoms with Crippen LogP contribution in [-0.4, -0.2) is 66.6 Å². The Hall–Kier alpha value is -3.32. The predicted molar refractivity (Wildman–Crippen MR) is 106 cm³/mol. The van der Waals surface area contributed by atoms with Crippen molar-refractivity contribution in [2.24, 2.45) is 15.4 Å². The number of rotatable bonds is 6. The molecule has 12 nitrogen and oxygen atoms in total. The second-order valence-corrected chi connectivity index (χ2v) is 7.32. The monoisotopic (exact) mass is 425 g/mol. The molecule has 2 aliphatic heterocycles. The van der Waals surface area contributed by atoms with E-state index in [1.807, 2.05) is 30.3 Å². The van der Waals surface area contributed by atoms with Crippen LogP contribution in [0.25, 0.3) is 11.2 Å². The molecule has 0 saturated carbocycles. The van der Waals surface area contributed by atoms with Gasteiger partial charge in [0.25, 0.3) is 5.56 Å². The smallest absolute Gasteiger partial charge is 0.278 e. The second-order valence-electron chi connectivity index (χ2n) is 7.32. The molecule has 1 aromatic carbocycles. The molecule has 2 aliphatic rings. The van der Waals surface area contributed by atoms with Crippen molar-refractivity contribution in [3.63, 3.8) is 0 Å². The number of nitrogens with zero attached hydrogens (tertiary/aromatic N) is 6. The van der Waals surface area contributed by atoms with Crippen molar-refractivity contribution in [3.05, 3.63) is 58.9 Å². The zero-order chi connectivity index (χ0) is 21.4. The molecule has 5 atom stereocenters. The first-order valence-electron chi connectivity index (χ1n) is 9.63. The van der Waals surface area contributed by atoms with Crippen LogP contribution in [0.15, 0.2) is 63.2 Å². The summed E-state index contributed by atoms with van der Waals surface area (Å²) in [5, 5.41) is 32.2. The van der Waals surface area contributed by atoms with Crippen LogP contribution in [0.1, 0.15) is 11.8 Å². The van der Waals surface area contributed by atoms with Crippen LogP contribution in [0.4, 0.5) is 0 Å². The third-order valence-corrected chi connectivity index (χ3v) is 5.30. The fourth-order valence-electron chi connectivity index (χ4n) is 3.81. The van der Waals surface area contributed by atoms with Crippen LogP contribution in [0.2, 0.25) is 0 Å². The van der Waals surface area contributed by atoms with Crippen LogP contribution < -0.4 is 5.56 Å². The number of ether oxygens (including phenoxy) is 2. The highest BCUT2D eigenvalue weighted by atomic mass is 16.6. The average molecular weight is 425 g/mol. The highest BCUT2D eigenvalue weighted by Crippen LogP contribution is 2.37. The first-order chi connectivity index (χ1) is 15.1. The van der Waals surface area contributed by atoms with Gasteiger partial charge in [-0.2, -0.15) is 0 Å². The van der Waals surface area contributed by atoms with Crippen LogP contribution in [0.3, 0.4) is 0 Å². The van der Waals surface area contributed by atoms with Crippen LogP contribution in [0.5, 0.6) is 0 Å². The summed E-state index contributed by atoms with van der Waals surface area (Å²) in [5.74, 6) is 0. The molecule has 0 radical (unpaired) electrons. The molecule has 0 bridgehead atoms. The molecule has 5 rings (SSSR count). The van der Waals surface area contributed by atoms with Gasteiger partial charge in [-0.15, -0.1) is 10.2 Å². The highest BCUT2D eigenvalue weighted by Gasteiger charge is 2.50. The summed E-state index contributed by atoms with van der Waals surface area (Å²) in [6.07, 6.45) is 0.404. The predicted octanol–water partition coefficient (Wildman–Crippen LogP) is 0.146. The van der Waals surface area contributed by atoms with E-state index in [1.165, 1.54) is 23.4 Å². The molecule has 0 aliphatic carbocycles. The minimum Gasteiger partial charge on any atom is -0.394 e. The van der Waals surface area contributed by atoms with Crippen LogP contribution >= 0.6 is 0 Å². The molecule has 3 aromatic rings. The normalized spacial score (nSPS) is 29.9. The third-order valence-electron chi connectivity index (χ3n) is 5.30. The molecule has 1 saturated heterocycles. The topological polar surface area (TPSA) is 160 Å². The van der Waals surface area contributed by atoms with Crippen molar-refractivity contribution in [2.75, 3.05) is 6.61 Å². The van der Waals surface area contributed by atoms with E-state index in [2.05, 4.69) is 30.4 Å². The molecule has 3 N–H and O–H groups in total. The van der Waals surface area contributed by atoms with Crippen molar-refractivity contribution in [1.82, 2.24) is 19.5 Å². The van der Waals surface area contributed by atoms with E-state index < -0.39 is 42.4 Å². The summed E-state index contributed by atoms with van der Waals surface area (Å²) in [6, 6.07) is 9.52. The quantitative estimate of drug-likeness (QED) is 0.506. The van der Waals surface area contributed by atoms with Gasteiger partial charge in [-0.1, -0.05) is 30.3 Å². The number of aliphatic hydroxyl groups excluding tert-OH is 2. The van der Waals surface area contributed by atoms with E-state index in [1.54, 1.807) is 0 Å². The van der Waals surface area contributed by atoms with Gasteiger partial charge in [0, 0.05) is 6.42 Å². The lowest BCUT2D eigenvalue weighted by atomic mass is 10.0. The number of aromatic amines is 1. The maximum atomic E-state index is 12.0. The Morgan fingerprint density at radius 1 is 1.26 bits per heavy atom. The van der Waals surface area contributed by atoms with Gasteiger partial charge in [0.2, 0.25) is 5.72 Å². The Morgan fingerprint density at radius 3 is 2.84 bits per heavy atom. The molecule has 0 spiro atoms. The minimum atomic E-state index is -1.26. The standard InChI is InChI=1S/C19H19N7O5/c27-7-12-14(28)15(18(30-12)26-10-22-13-16(26)20-9-21-17(13)29)31-19(8-23-25-24-19)6-11-4-2-1-3-5-11/h1-5,8-10,12,14-15,18,27-28H,6-7H2,(H,20,21,29)/t12-,14?,15?,18-,19?/m1/s1. The fraction of sp³-hybridized carbons (Fsp3) is 0.368. The summed E-state index contributed by atoms with van der Waals surface area (Å²) in [6.45, 7) is -0.431. The Balaban J connectivity index is 1.51. The minimum absolute atomic E-state index is 0.118. The van der Waals surface area contributed by atoms with E-state index in [4.69, 9.17) is 9.47 Å². The molecule has 3 unspecified atom stereocenters. The van der Waals surface area contributed by atoms with E-state index in [0.717, 1.165) is 5.56 Å². The van der Waals surface area contributed by atoms with E-state index in [9.17, 15) is 15.0 Å². The summed E-state index contributed by atoms with van der Waals surface area (Å²) in [7, 11) is 0. The zero-order valence-electron chi connectivity index (χ0n) is 16.1. The van der Waals surface area contributed by atoms with Gasteiger partial charge in [-0.25, -0.2) is 9.97 Å².